The highest BCUT2D eigenvalue weighted by Gasteiger charge is 2.33. The zero-order chi connectivity index (χ0) is 25.5. The van der Waals surface area contributed by atoms with Gasteiger partial charge in [-0.05, 0) is 62.7 Å². The maximum atomic E-state index is 13.5. The number of likely N-dealkylation sites (tertiary alicyclic amines) is 1. The molecule has 1 aliphatic heterocycles. The van der Waals surface area contributed by atoms with Gasteiger partial charge in [-0.2, -0.15) is 0 Å². The molecule has 1 aliphatic rings. The number of ether oxygens (including phenoxy) is 1. The smallest absolute Gasteiger partial charge is 0.246 e. The van der Waals surface area contributed by atoms with E-state index < -0.39 is 6.04 Å². The number of anilines is 2. The Kier molecular flexibility index (Phi) is 8.13. The summed E-state index contributed by atoms with van der Waals surface area (Å²) in [6.45, 7) is 2.71. The summed E-state index contributed by atoms with van der Waals surface area (Å²) in [5.74, 6) is 0.203. The quantitative estimate of drug-likeness (QED) is 0.442. The number of benzene rings is 3. The fraction of sp³-hybridized carbons (Fsp3) is 0.276. The highest BCUT2D eigenvalue weighted by molar-refractivity contribution is 5.99. The van der Waals surface area contributed by atoms with Crippen molar-refractivity contribution in [2.24, 2.45) is 5.92 Å². The third-order valence-corrected chi connectivity index (χ3v) is 6.53. The van der Waals surface area contributed by atoms with Crippen LogP contribution in [0.5, 0.6) is 5.75 Å². The van der Waals surface area contributed by atoms with E-state index in [2.05, 4.69) is 15.5 Å². The van der Waals surface area contributed by atoms with Crippen molar-refractivity contribution in [3.63, 3.8) is 0 Å². The molecule has 3 aromatic carbocycles. The Labute approximate surface area is 211 Å². The maximum Gasteiger partial charge on any atom is 0.246 e. The molecule has 0 radical (unpaired) electrons. The second-order valence-corrected chi connectivity index (χ2v) is 8.94. The SMILES string of the molecule is COc1ccccc1NC(=O)C1CCN(C(C(=O)Nc2cccc(C(C)=O)c2)c2ccccc2)CC1. The van der Waals surface area contributed by atoms with E-state index in [0.717, 1.165) is 5.56 Å². The average molecular weight is 486 g/mol. The number of amides is 2. The molecule has 1 saturated heterocycles. The van der Waals surface area contributed by atoms with E-state index in [4.69, 9.17) is 4.74 Å². The van der Waals surface area contributed by atoms with Crippen LogP contribution in [-0.2, 0) is 9.59 Å². The van der Waals surface area contributed by atoms with Crippen molar-refractivity contribution < 1.29 is 19.1 Å². The molecule has 36 heavy (non-hydrogen) atoms. The van der Waals surface area contributed by atoms with Gasteiger partial charge in [0.15, 0.2) is 5.78 Å². The van der Waals surface area contributed by atoms with Gasteiger partial charge in [-0.25, -0.2) is 0 Å². The Morgan fingerprint density at radius 3 is 2.28 bits per heavy atom. The van der Waals surface area contributed by atoms with Gasteiger partial charge in [0.25, 0.3) is 0 Å². The zero-order valence-corrected chi connectivity index (χ0v) is 20.6. The van der Waals surface area contributed by atoms with Crippen molar-refractivity contribution in [3.05, 3.63) is 90.0 Å². The third kappa shape index (κ3) is 5.98. The number of nitrogens with one attached hydrogen (secondary N) is 2. The van der Waals surface area contributed by atoms with Crippen molar-refractivity contribution in [1.82, 2.24) is 4.90 Å². The third-order valence-electron chi connectivity index (χ3n) is 6.53. The molecular weight excluding hydrogens is 454 g/mol. The van der Waals surface area contributed by atoms with Crippen LogP contribution in [0.2, 0.25) is 0 Å². The normalized spacial score (nSPS) is 15.1. The summed E-state index contributed by atoms with van der Waals surface area (Å²) >= 11 is 0. The predicted molar refractivity (Wildman–Crippen MR) is 140 cm³/mol. The van der Waals surface area contributed by atoms with Crippen molar-refractivity contribution in [2.75, 3.05) is 30.8 Å². The van der Waals surface area contributed by atoms with E-state index in [9.17, 15) is 14.4 Å². The van der Waals surface area contributed by atoms with Crippen LogP contribution in [0.15, 0.2) is 78.9 Å². The van der Waals surface area contributed by atoms with Crippen LogP contribution in [0.4, 0.5) is 11.4 Å². The van der Waals surface area contributed by atoms with E-state index in [1.807, 2.05) is 54.6 Å². The standard InChI is InChI=1S/C29H31N3O4/c1-20(33)23-11-8-12-24(19-23)30-29(35)27(21-9-4-3-5-10-21)32-17-15-22(16-18-32)28(34)31-25-13-6-7-14-26(25)36-2/h3-14,19,22,27H,15-18H2,1-2H3,(H,30,35)(H,31,34). The summed E-state index contributed by atoms with van der Waals surface area (Å²) < 4.78 is 5.34. The lowest BCUT2D eigenvalue weighted by Crippen LogP contribution is -2.44. The van der Waals surface area contributed by atoms with Crippen LogP contribution in [0.1, 0.15) is 41.7 Å². The monoisotopic (exact) mass is 485 g/mol. The van der Waals surface area contributed by atoms with Crippen LogP contribution >= 0.6 is 0 Å². The highest BCUT2D eigenvalue weighted by atomic mass is 16.5. The molecule has 1 atom stereocenters. The molecule has 0 spiro atoms. The second kappa shape index (κ2) is 11.6. The first-order valence-electron chi connectivity index (χ1n) is 12.1. The van der Waals surface area contributed by atoms with Gasteiger partial charge in [0.05, 0.1) is 12.8 Å². The van der Waals surface area contributed by atoms with Gasteiger partial charge in [-0.3, -0.25) is 19.3 Å². The molecule has 7 heteroatoms. The Morgan fingerprint density at radius 1 is 0.889 bits per heavy atom. The molecule has 0 aliphatic carbocycles. The molecule has 4 rings (SSSR count). The Balaban J connectivity index is 1.46. The molecule has 186 valence electrons. The zero-order valence-electron chi connectivity index (χ0n) is 20.6. The summed E-state index contributed by atoms with van der Waals surface area (Å²) in [6, 6.07) is 23.4. The first kappa shape index (κ1) is 25.1. The number of rotatable bonds is 8. The number of para-hydroxylation sites is 2. The number of carbonyl (C=O) groups is 3. The van der Waals surface area contributed by atoms with E-state index in [1.165, 1.54) is 6.92 Å². The van der Waals surface area contributed by atoms with Crippen LogP contribution in [0, 0.1) is 5.92 Å². The molecule has 7 nitrogen and oxygen atoms in total. The molecule has 0 bridgehead atoms. The molecule has 2 N–H and O–H groups in total. The molecule has 1 heterocycles. The lowest BCUT2D eigenvalue weighted by Gasteiger charge is -2.36. The largest absolute Gasteiger partial charge is 0.495 e. The molecule has 1 unspecified atom stereocenters. The number of ketones is 1. The predicted octanol–water partition coefficient (Wildman–Crippen LogP) is 4.93. The van der Waals surface area contributed by atoms with Crippen LogP contribution in [0.25, 0.3) is 0 Å². The number of hydrogen-bond donors (Lipinski definition) is 2. The molecule has 2 amide bonds. The minimum absolute atomic E-state index is 0.0408. The topological polar surface area (TPSA) is 87.7 Å². The molecule has 0 saturated carbocycles. The first-order chi connectivity index (χ1) is 17.5. The van der Waals surface area contributed by atoms with E-state index in [0.29, 0.717) is 48.6 Å². The summed E-state index contributed by atoms with van der Waals surface area (Å²) in [5, 5.41) is 5.97. The first-order valence-corrected chi connectivity index (χ1v) is 12.1. The van der Waals surface area contributed by atoms with Gasteiger partial charge >= 0.3 is 0 Å². The number of hydrogen-bond acceptors (Lipinski definition) is 5. The van der Waals surface area contributed by atoms with Gasteiger partial charge < -0.3 is 15.4 Å². The van der Waals surface area contributed by atoms with Crippen molar-refractivity contribution >= 4 is 29.0 Å². The Morgan fingerprint density at radius 2 is 1.58 bits per heavy atom. The van der Waals surface area contributed by atoms with E-state index in [-0.39, 0.29) is 23.5 Å². The Hall–Kier alpha value is -3.97. The van der Waals surface area contributed by atoms with E-state index in [1.54, 1.807) is 31.4 Å². The van der Waals surface area contributed by atoms with Gasteiger partial charge in [0, 0.05) is 17.2 Å². The summed E-state index contributed by atoms with van der Waals surface area (Å²) in [6.07, 6.45) is 1.27. The number of methoxy groups -OCH3 is 1. The molecular formula is C29H31N3O4. The fourth-order valence-corrected chi connectivity index (χ4v) is 4.59. The van der Waals surface area contributed by atoms with Crippen molar-refractivity contribution in [3.8, 4) is 5.75 Å². The number of Topliss-reactive ketones (excluding diaryl/α,β-unsaturated/α-hetero) is 1. The minimum Gasteiger partial charge on any atom is -0.495 e. The Bertz CT molecular complexity index is 1220. The number of nitrogens with zero attached hydrogens (tertiary/aromatic N) is 1. The maximum absolute atomic E-state index is 13.5. The highest BCUT2D eigenvalue weighted by Crippen LogP contribution is 2.30. The molecule has 0 aromatic heterocycles. The summed E-state index contributed by atoms with van der Waals surface area (Å²) in [7, 11) is 1.58. The minimum atomic E-state index is -0.509. The molecule has 1 fully saturated rings. The average Bonchev–Trinajstić information content (AvgIpc) is 2.90. The van der Waals surface area contributed by atoms with E-state index >= 15 is 0 Å². The summed E-state index contributed by atoms with van der Waals surface area (Å²) in [5.41, 5.74) is 2.67. The number of carbonyl (C=O) groups excluding carboxylic acids is 3. The lowest BCUT2D eigenvalue weighted by atomic mass is 9.93. The van der Waals surface area contributed by atoms with Gasteiger partial charge in [-0.15, -0.1) is 0 Å². The van der Waals surface area contributed by atoms with Gasteiger partial charge in [-0.1, -0.05) is 54.6 Å². The van der Waals surface area contributed by atoms with Crippen LogP contribution in [0.3, 0.4) is 0 Å². The van der Waals surface area contributed by atoms with Crippen LogP contribution in [-0.4, -0.2) is 42.7 Å². The van der Waals surface area contributed by atoms with Gasteiger partial charge in [0.2, 0.25) is 11.8 Å². The number of piperidine rings is 1. The van der Waals surface area contributed by atoms with Crippen LogP contribution < -0.4 is 15.4 Å². The fourth-order valence-electron chi connectivity index (χ4n) is 4.59. The van der Waals surface area contributed by atoms with Crippen molar-refractivity contribution in [1.29, 1.82) is 0 Å². The van der Waals surface area contributed by atoms with Crippen molar-refractivity contribution in [2.45, 2.75) is 25.8 Å². The second-order valence-electron chi connectivity index (χ2n) is 8.94. The molecule has 3 aromatic rings. The summed E-state index contributed by atoms with van der Waals surface area (Å²) in [4.78, 5) is 40.3. The lowest BCUT2D eigenvalue weighted by molar-refractivity contribution is -0.124. The van der Waals surface area contributed by atoms with Gasteiger partial charge in [0.1, 0.15) is 11.8 Å².